The highest BCUT2D eigenvalue weighted by Gasteiger charge is 2.20. The van der Waals surface area contributed by atoms with Gasteiger partial charge in [0, 0.05) is 12.3 Å². The first kappa shape index (κ1) is 11.2. The molecule has 0 amide bonds. The summed E-state index contributed by atoms with van der Waals surface area (Å²) in [6.45, 7) is 0. The molecule has 0 aromatic heterocycles. The lowest BCUT2D eigenvalue weighted by molar-refractivity contribution is 0.0970. The summed E-state index contributed by atoms with van der Waals surface area (Å²) < 4.78 is 0. The van der Waals surface area contributed by atoms with Gasteiger partial charge in [0.1, 0.15) is 0 Å². The summed E-state index contributed by atoms with van der Waals surface area (Å²) in [5.41, 5.74) is 1.25. The molecule has 1 heteroatoms. The Kier molecular flexibility index (Phi) is 4.02. The fraction of sp³-hybridized carbons (Fsp3) is 0.467. The molecular formula is C15H18O. The van der Waals surface area contributed by atoms with Gasteiger partial charge in [0.2, 0.25) is 0 Å². The molecule has 1 nitrogen and oxygen atoms in total. The molecule has 0 saturated heterocycles. The van der Waals surface area contributed by atoms with Crippen molar-refractivity contribution in [3.05, 3.63) is 35.9 Å². The molecular weight excluding hydrogens is 196 g/mol. The molecule has 1 aliphatic rings. The molecule has 1 fully saturated rings. The van der Waals surface area contributed by atoms with Crippen molar-refractivity contribution in [1.82, 2.24) is 0 Å². The first-order chi connectivity index (χ1) is 7.86. The molecule has 1 aromatic carbocycles. The maximum atomic E-state index is 9.76. The van der Waals surface area contributed by atoms with Gasteiger partial charge in [0.15, 0.2) is 0 Å². The standard InChI is InChI=1S/C15H18O/c16-15-12-5-4-10-14(15)11-6-9-13-7-2-1-3-8-13/h1-3,7-8,14-16H,4-5,9-10,12H2/t14-,15+/m1/s1. The highest BCUT2D eigenvalue weighted by atomic mass is 16.3. The van der Waals surface area contributed by atoms with Gasteiger partial charge in [0.25, 0.3) is 0 Å². The average molecular weight is 214 g/mol. The van der Waals surface area contributed by atoms with Crippen molar-refractivity contribution in [3.8, 4) is 11.8 Å². The van der Waals surface area contributed by atoms with Crippen LogP contribution in [0.2, 0.25) is 0 Å². The number of aliphatic hydroxyl groups is 1. The Morgan fingerprint density at radius 3 is 2.62 bits per heavy atom. The van der Waals surface area contributed by atoms with Crippen LogP contribution >= 0.6 is 0 Å². The predicted molar refractivity (Wildman–Crippen MR) is 65.9 cm³/mol. The Balaban J connectivity index is 1.90. The van der Waals surface area contributed by atoms with E-state index in [1.54, 1.807) is 0 Å². The van der Waals surface area contributed by atoms with E-state index < -0.39 is 0 Å². The minimum Gasteiger partial charge on any atom is -0.392 e. The lowest BCUT2D eigenvalue weighted by Crippen LogP contribution is -2.22. The van der Waals surface area contributed by atoms with E-state index in [1.807, 2.05) is 18.2 Å². The number of benzene rings is 1. The van der Waals surface area contributed by atoms with Gasteiger partial charge in [-0.2, -0.15) is 0 Å². The Hall–Kier alpha value is -1.26. The molecule has 1 saturated carbocycles. The number of rotatable bonds is 1. The van der Waals surface area contributed by atoms with Crippen LogP contribution in [0.1, 0.15) is 31.2 Å². The third kappa shape index (κ3) is 3.12. The van der Waals surface area contributed by atoms with E-state index in [2.05, 4.69) is 24.0 Å². The van der Waals surface area contributed by atoms with Crippen molar-refractivity contribution < 1.29 is 5.11 Å². The SMILES string of the molecule is O[C@H]1CCCC[C@@H]1C#CCc1ccccc1. The third-order valence-electron chi connectivity index (χ3n) is 3.15. The first-order valence-electron chi connectivity index (χ1n) is 6.06. The zero-order valence-corrected chi connectivity index (χ0v) is 9.52. The summed E-state index contributed by atoms with van der Waals surface area (Å²) in [6.07, 6.45) is 4.94. The molecule has 0 heterocycles. The van der Waals surface area contributed by atoms with Crippen LogP contribution in [0.3, 0.4) is 0 Å². The predicted octanol–water partition coefficient (Wildman–Crippen LogP) is 2.78. The van der Waals surface area contributed by atoms with E-state index >= 15 is 0 Å². The average Bonchev–Trinajstić information content (AvgIpc) is 2.33. The monoisotopic (exact) mass is 214 g/mol. The largest absolute Gasteiger partial charge is 0.392 e. The summed E-state index contributed by atoms with van der Waals surface area (Å²) in [5, 5.41) is 9.76. The molecule has 0 radical (unpaired) electrons. The molecule has 2 rings (SSSR count). The maximum Gasteiger partial charge on any atom is 0.0677 e. The topological polar surface area (TPSA) is 20.2 Å². The van der Waals surface area contributed by atoms with Crippen molar-refractivity contribution in [3.63, 3.8) is 0 Å². The normalized spacial score (nSPS) is 24.6. The molecule has 2 atom stereocenters. The molecule has 0 bridgehead atoms. The molecule has 0 unspecified atom stereocenters. The molecule has 0 spiro atoms. The van der Waals surface area contributed by atoms with E-state index in [4.69, 9.17) is 0 Å². The second-order valence-electron chi connectivity index (χ2n) is 4.44. The molecule has 1 N–H and O–H groups in total. The van der Waals surface area contributed by atoms with Crippen molar-refractivity contribution in [2.24, 2.45) is 5.92 Å². The highest BCUT2D eigenvalue weighted by Crippen LogP contribution is 2.23. The summed E-state index contributed by atoms with van der Waals surface area (Å²) in [7, 11) is 0. The van der Waals surface area contributed by atoms with Crippen molar-refractivity contribution in [1.29, 1.82) is 0 Å². The summed E-state index contributed by atoms with van der Waals surface area (Å²) in [5.74, 6) is 6.62. The van der Waals surface area contributed by atoms with E-state index in [9.17, 15) is 5.11 Å². The summed E-state index contributed by atoms with van der Waals surface area (Å²) >= 11 is 0. The van der Waals surface area contributed by atoms with Crippen molar-refractivity contribution in [2.45, 2.75) is 38.2 Å². The van der Waals surface area contributed by atoms with E-state index in [-0.39, 0.29) is 12.0 Å². The molecule has 1 aliphatic carbocycles. The number of hydrogen-bond donors (Lipinski definition) is 1. The molecule has 16 heavy (non-hydrogen) atoms. The number of aliphatic hydroxyl groups excluding tert-OH is 1. The minimum atomic E-state index is -0.197. The molecule has 0 aliphatic heterocycles. The van der Waals surface area contributed by atoms with E-state index in [0.717, 1.165) is 25.7 Å². The van der Waals surface area contributed by atoms with Crippen LogP contribution in [-0.2, 0) is 6.42 Å². The summed E-state index contributed by atoms with van der Waals surface area (Å²) in [6, 6.07) is 10.3. The van der Waals surface area contributed by atoms with Gasteiger partial charge >= 0.3 is 0 Å². The maximum absolute atomic E-state index is 9.76. The molecule has 84 valence electrons. The van der Waals surface area contributed by atoms with Gasteiger partial charge < -0.3 is 5.11 Å². The van der Waals surface area contributed by atoms with Crippen molar-refractivity contribution in [2.75, 3.05) is 0 Å². The fourth-order valence-electron chi connectivity index (χ4n) is 2.16. The second-order valence-corrected chi connectivity index (χ2v) is 4.44. The molecule has 1 aromatic rings. The van der Waals surface area contributed by atoms with E-state index in [1.165, 1.54) is 12.0 Å². The Bertz CT molecular complexity index is 371. The lowest BCUT2D eigenvalue weighted by atomic mass is 9.87. The second kappa shape index (κ2) is 5.72. The van der Waals surface area contributed by atoms with Crippen LogP contribution in [0, 0.1) is 17.8 Å². The zero-order chi connectivity index (χ0) is 11.2. The van der Waals surface area contributed by atoms with Crippen LogP contribution in [0.15, 0.2) is 30.3 Å². The third-order valence-corrected chi connectivity index (χ3v) is 3.15. The van der Waals surface area contributed by atoms with E-state index in [0.29, 0.717) is 0 Å². The Morgan fingerprint density at radius 2 is 1.88 bits per heavy atom. The van der Waals surface area contributed by atoms with Crippen LogP contribution < -0.4 is 0 Å². The van der Waals surface area contributed by atoms with Crippen LogP contribution in [0.4, 0.5) is 0 Å². The van der Waals surface area contributed by atoms with Gasteiger partial charge in [-0.1, -0.05) is 55.0 Å². The highest BCUT2D eigenvalue weighted by molar-refractivity contribution is 5.21. The summed E-state index contributed by atoms with van der Waals surface area (Å²) in [4.78, 5) is 0. The van der Waals surface area contributed by atoms with Crippen LogP contribution in [-0.4, -0.2) is 11.2 Å². The van der Waals surface area contributed by atoms with Crippen LogP contribution in [0.25, 0.3) is 0 Å². The quantitative estimate of drug-likeness (QED) is 0.713. The van der Waals surface area contributed by atoms with Gasteiger partial charge in [-0.25, -0.2) is 0 Å². The smallest absolute Gasteiger partial charge is 0.0677 e. The Morgan fingerprint density at radius 1 is 1.12 bits per heavy atom. The zero-order valence-electron chi connectivity index (χ0n) is 9.52. The van der Waals surface area contributed by atoms with Gasteiger partial charge in [-0.15, -0.1) is 0 Å². The van der Waals surface area contributed by atoms with Gasteiger partial charge in [-0.3, -0.25) is 0 Å². The van der Waals surface area contributed by atoms with Crippen molar-refractivity contribution >= 4 is 0 Å². The number of hydrogen-bond acceptors (Lipinski definition) is 1. The van der Waals surface area contributed by atoms with Gasteiger partial charge in [-0.05, 0) is 18.4 Å². The van der Waals surface area contributed by atoms with Crippen LogP contribution in [0.5, 0.6) is 0 Å². The van der Waals surface area contributed by atoms with Gasteiger partial charge in [0.05, 0.1) is 6.10 Å². The first-order valence-corrected chi connectivity index (χ1v) is 6.06. The lowest BCUT2D eigenvalue weighted by Gasteiger charge is -2.22. The fourth-order valence-corrected chi connectivity index (χ4v) is 2.16. The minimum absolute atomic E-state index is 0.197. The Labute approximate surface area is 97.5 Å².